The van der Waals surface area contributed by atoms with Crippen LogP contribution in [0, 0.1) is 0 Å². The SMILES string of the molecule is CC.CC=O.CN1CCc2c(c(N3CCCc4cc(-c5ccn6c(N7CCNCC7)cncc56)c(C(F)F)cc43)nn2C2CCOCC2)C1. The third kappa shape index (κ3) is 6.95. The molecule has 7 heterocycles. The van der Waals surface area contributed by atoms with E-state index in [0.29, 0.717) is 11.6 Å². The number of alkyl halides is 2. The molecule has 2 saturated heterocycles. The molecule has 264 valence electrons. The van der Waals surface area contributed by atoms with Gasteiger partial charge in [0.05, 0.1) is 24.0 Å². The highest BCUT2D eigenvalue weighted by Gasteiger charge is 2.33. The van der Waals surface area contributed by atoms with E-state index in [2.05, 4.69) is 41.1 Å². The fourth-order valence-electron chi connectivity index (χ4n) is 7.66. The molecule has 0 amide bonds. The summed E-state index contributed by atoms with van der Waals surface area (Å²) in [6.45, 7) is 13.1. The van der Waals surface area contributed by atoms with Gasteiger partial charge in [-0.3, -0.25) is 9.67 Å². The summed E-state index contributed by atoms with van der Waals surface area (Å²) in [5.41, 5.74) is 6.81. The van der Waals surface area contributed by atoms with Crippen LogP contribution in [0.15, 0.2) is 36.8 Å². The third-order valence-corrected chi connectivity index (χ3v) is 9.94. The monoisotopic (exact) mass is 676 g/mol. The molecule has 10 nitrogen and oxygen atoms in total. The van der Waals surface area contributed by atoms with E-state index in [1.807, 2.05) is 38.4 Å². The second-order valence-electron chi connectivity index (χ2n) is 12.9. The van der Waals surface area contributed by atoms with Crippen LogP contribution >= 0.6 is 0 Å². The van der Waals surface area contributed by atoms with Crippen LogP contribution in [0.1, 0.15) is 74.9 Å². The Morgan fingerprint density at radius 2 is 1.78 bits per heavy atom. The highest BCUT2D eigenvalue weighted by molar-refractivity contribution is 5.86. The Kier molecular flexibility index (Phi) is 11.3. The number of ether oxygens (including phenoxy) is 1. The number of halogens is 2. The Morgan fingerprint density at radius 3 is 2.51 bits per heavy atom. The number of aldehydes is 1. The van der Waals surface area contributed by atoms with Crippen LogP contribution in [0.3, 0.4) is 0 Å². The zero-order chi connectivity index (χ0) is 34.5. The van der Waals surface area contributed by atoms with Gasteiger partial charge in [0.25, 0.3) is 6.43 Å². The number of nitrogens with zero attached hydrogens (tertiary/aromatic N) is 7. The molecule has 0 atom stereocenters. The van der Waals surface area contributed by atoms with Gasteiger partial charge < -0.3 is 33.9 Å². The number of aromatic nitrogens is 4. The van der Waals surface area contributed by atoms with Crippen molar-refractivity contribution in [3.8, 4) is 11.1 Å². The number of likely N-dealkylation sites (N-methyl/N-ethyl adjacent to an activating group) is 1. The summed E-state index contributed by atoms with van der Waals surface area (Å²) in [5.74, 6) is 1.93. The molecular formula is C37H50F2N8O2. The molecule has 1 N–H and O–H groups in total. The van der Waals surface area contributed by atoms with E-state index in [4.69, 9.17) is 14.6 Å². The number of piperazine rings is 1. The van der Waals surface area contributed by atoms with Crippen molar-refractivity contribution in [2.45, 2.75) is 71.9 Å². The quantitative estimate of drug-likeness (QED) is 0.251. The summed E-state index contributed by atoms with van der Waals surface area (Å²) in [6, 6.07) is 6.06. The van der Waals surface area contributed by atoms with Crippen LogP contribution < -0.4 is 15.1 Å². The lowest BCUT2D eigenvalue weighted by atomic mass is 9.92. The van der Waals surface area contributed by atoms with Gasteiger partial charge in [0.15, 0.2) is 5.82 Å². The second kappa shape index (κ2) is 15.8. The van der Waals surface area contributed by atoms with Crippen LogP contribution in [-0.2, 0) is 28.9 Å². The largest absolute Gasteiger partial charge is 0.381 e. The van der Waals surface area contributed by atoms with Gasteiger partial charge >= 0.3 is 0 Å². The number of carbonyl (C=O) groups excluding carboxylic acids is 1. The average Bonchev–Trinajstić information content (AvgIpc) is 3.74. The summed E-state index contributed by atoms with van der Waals surface area (Å²) in [6.07, 6.45) is 8.46. The second-order valence-corrected chi connectivity index (χ2v) is 12.9. The molecule has 0 aliphatic carbocycles. The zero-order valence-corrected chi connectivity index (χ0v) is 29.3. The maximum atomic E-state index is 15.0. The van der Waals surface area contributed by atoms with Gasteiger partial charge in [-0.1, -0.05) is 13.8 Å². The molecule has 1 aromatic carbocycles. The van der Waals surface area contributed by atoms with Crippen molar-refractivity contribution < 1.29 is 18.3 Å². The Morgan fingerprint density at radius 1 is 1.02 bits per heavy atom. The first-order valence-electron chi connectivity index (χ1n) is 17.9. The number of fused-ring (bicyclic) bond motifs is 3. The number of carbonyl (C=O) groups is 1. The average molecular weight is 677 g/mol. The van der Waals surface area contributed by atoms with E-state index in [9.17, 15) is 8.78 Å². The lowest BCUT2D eigenvalue weighted by Crippen LogP contribution is -2.44. The van der Waals surface area contributed by atoms with Crippen LogP contribution in [0.5, 0.6) is 0 Å². The summed E-state index contributed by atoms with van der Waals surface area (Å²) >= 11 is 0. The Hall–Kier alpha value is -3.87. The summed E-state index contributed by atoms with van der Waals surface area (Å²) < 4.78 is 39.9. The van der Waals surface area contributed by atoms with Crippen molar-refractivity contribution >= 4 is 29.1 Å². The first-order valence-corrected chi connectivity index (χ1v) is 17.9. The van der Waals surface area contributed by atoms with Crippen molar-refractivity contribution in [2.24, 2.45) is 0 Å². The Balaban J connectivity index is 0.000000792. The van der Waals surface area contributed by atoms with E-state index in [-0.39, 0.29) is 5.56 Å². The molecule has 8 rings (SSSR count). The van der Waals surface area contributed by atoms with E-state index < -0.39 is 6.43 Å². The van der Waals surface area contributed by atoms with Gasteiger partial charge in [0.2, 0.25) is 0 Å². The summed E-state index contributed by atoms with van der Waals surface area (Å²) in [5, 5.41) is 8.66. The summed E-state index contributed by atoms with van der Waals surface area (Å²) in [4.78, 5) is 20.2. The van der Waals surface area contributed by atoms with Gasteiger partial charge in [0, 0.05) is 99.7 Å². The number of benzene rings is 1. The topological polar surface area (TPSA) is 83.2 Å². The molecule has 4 aromatic rings. The van der Waals surface area contributed by atoms with E-state index in [0.717, 1.165) is 131 Å². The smallest absolute Gasteiger partial charge is 0.264 e. The molecule has 0 bridgehead atoms. The van der Waals surface area contributed by atoms with E-state index in [1.54, 1.807) is 12.3 Å². The maximum Gasteiger partial charge on any atom is 0.264 e. The van der Waals surface area contributed by atoms with Crippen LogP contribution in [0.25, 0.3) is 16.6 Å². The van der Waals surface area contributed by atoms with Crippen molar-refractivity contribution in [1.82, 2.24) is 29.4 Å². The molecule has 3 aromatic heterocycles. The van der Waals surface area contributed by atoms with Crippen molar-refractivity contribution in [3.05, 3.63) is 59.2 Å². The van der Waals surface area contributed by atoms with Gasteiger partial charge in [-0.15, -0.1) is 0 Å². The van der Waals surface area contributed by atoms with Crippen LogP contribution in [0.4, 0.5) is 26.1 Å². The molecule has 0 unspecified atom stereocenters. The van der Waals surface area contributed by atoms with Crippen molar-refractivity contribution in [3.63, 3.8) is 0 Å². The Labute approximate surface area is 288 Å². The lowest BCUT2D eigenvalue weighted by molar-refractivity contribution is -0.106. The normalized spacial score (nSPS) is 18.3. The predicted octanol–water partition coefficient (Wildman–Crippen LogP) is 6.20. The van der Waals surface area contributed by atoms with Crippen molar-refractivity contribution in [2.75, 3.05) is 69.3 Å². The predicted molar refractivity (Wildman–Crippen MR) is 190 cm³/mol. The lowest BCUT2D eigenvalue weighted by Gasteiger charge is -2.33. The van der Waals surface area contributed by atoms with Gasteiger partial charge in [0.1, 0.15) is 12.1 Å². The molecule has 0 spiro atoms. The number of nitrogens with one attached hydrogen (secondary N) is 1. The van der Waals surface area contributed by atoms with Gasteiger partial charge in [-0.2, -0.15) is 5.10 Å². The highest BCUT2D eigenvalue weighted by Crippen LogP contribution is 2.44. The molecule has 4 aliphatic rings. The fourth-order valence-corrected chi connectivity index (χ4v) is 7.66. The van der Waals surface area contributed by atoms with Crippen LogP contribution in [-0.4, -0.2) is 89.9 Å². The molecular weight excluding hydrogens is 626 g/mol. The molecule has 2 fully saturated rings. The molecule has 49 heavy (non-hydrogen) atoms. The molecule has 12 heteroatoms. The summed E-state index contributed by atoms with van der Waals surface area (Å²) in [7, 11) is 2.15. The first kappa shape index (κ1) is 35.0. The fraction of sp³-hybridized carbons (Fsp3) is 0.541. The minimum absolute atomic E-state index is 0.0613. The maximum absolute atomic E-state index is 15.0. The van der Waals surface area contributed by atoms with Crippen LogP contribution in [0.2, 0.25) is 0 Å². The molecule has 4 aliphatic heterocycles. The number of hydrogen-bond donors (Lipinski definition) is 1. The number of aryl methyl sites for hydroxylation is 1. The first-order chi connectivity index (χ1) is 24.0. The molecule has 0 radical (unpaired) electrons. The zero-order valence-electron chi connectivity index (χ0n) is 29.3. The van der Waals surface area contributed by atoms with E-state index >= 15 is 0 Å². The van der Waals surface area contributed by atoms with Gasteiger partial charge in [-0.05, 0) is 69.0 Å². The Bertz CT molecular complexity index is 1720. The standard InChI is InChI=1S/C33H40F2N8O.C2H4O.C2H6/c1-39-11-5-28-27(21-39)33(38-43(28)23-6-15-44-16-7-23)42-10-2-3-22-17-25(26(32(34)35)18-29(22)42)24-4-12-41-30(24)19-37-20-31(41)40-13-8-36-9-14-40;1-2-3;1-2/h4,12,17-20,23,32,36H,2-3,5-11,13-16,21H2,1H3;2H,1H3;1-2H3. The number of anilines is 3. The van der Waals surface area contributed by atoms with E-state index in [1.165, 1.54) is 18.2 Å². The third-order valence-electron chi connectivity index (χ3n) is 9.94. The van der Waals surface area contributed by atoms with Crippen molar-refractivity contribution in [1.29, 1.82) is 0 Å². The minimum atomic E-state index is -2.61. The number of rotatable bonds is 5. The molecule has 0 saturated carbocycles. The highest BCUT2D eigenvalue weighted by atomic mass is 19.3. The number of hydrogen-bond acceptors (Lipinski definition) is 8. The minimum Gasteiger partial charge on any atom is -0.381 e. The van der Waals surface area contributed by atoms with Gasteiger partial charge in [-0.25, -0.2) is 8.78 Å².